The highest BCUT2D eigenvalue weighted by molar-refractivity contribution is 7.98. The van der Waals surface area contributed by atoms with Gasteiger partial charge < -0.3 is 15.5 Å². The van der Waals surface area contributed by atoms with Crippen LogP contribution < -0.4 is 15.5 Å². The third-order valence-electron chi connectivity index (χ3n) is 3.93. The highest BCUT2D eigenvalue weighted by Gasteiger charge is 2.38. The number of hydrogen-bond donors (Lipinski definition) is 2. The number of anilines is 1. The Balaban J connectivity index is 1.85. The van der Waals surface area contributed by atoms with Gasteiger partial charge in [0, 0.05) is 25.5 Å². The monoisotopic (exact) mass is 364 g/mol. The summed E-state index contributed by atoms with van der Waals surface area (Å²) in [5, 5.41) is 5.52. The van der Waals surface area contributed by atoms with Gasteiger partial charge in [-0.3, -0.25) is 4.79 Å². The van der Waals surface area contributed by atoms with Crippen LogP contribution >= 0.6 is 11.8 Å². The fourth-order valence-electron chi connectivity index (χ4n) is 2.55. The summed E-state index contributed by atoms with van der Waals surface area (Å²) in [6.07, 6.45) is 3.99. The zero-order valence-electron chi connectivity index (χ0n) is 14.7. The molecule has 7 nitrogen and oxygen atoms in total. The molecule has 1 fully saturated rings. The van der Waals surface area contributed by atoms with Gasteiger partial charge in [0.1, 0.15) is 6.04 Å². The van der Waals surface area contributed by atoms with Crippen molar-refractivity contribution in [3.05, 3.63) is 24.3 Å². The van der Waals surface area contributed by atoms with Crippen LogP contribution in [0.1, 0.15) is 19.3 Å². The van der Waals surface area contributed by atoms with Crippen LogP contribution in [-0.4, -0.2) is 55.8 Å². The summed E-state index contributed by atoms with van der Waals surface area (Å²) in [5.74, 6) is -0.222. The van der Waals surface area contributed by atoms with Crippen molar-refractivity contribution < 1.29 is 14.4 Å². The van der Waals surface area contributed by atoms with Crippen molar-refractivity contribution in [2.45, 2.75) is 30.2 Å². The van der Waals surface area contributed by atoms with Crippen molar-refractivity contribution in [3.8, 4) is 0 Å². The minimum absolute atomic E-state index is 0.134. The van der Waals surface area contributed by atoms with Gasteiger partial charge in [-0.15, -0.1) is 11.8 Å². The summed E-state index contributed by atoms with van der Waals surface area (Å²) in [6.45, 7) is 0.547. The van der Waals surface area contributed by atoms with E-state index in [0.717, 1.165) is 17.7 Å². The number of unbranched alkanes of at least 4 members (excludes halogenated alkanes) is 1. The maximum absolute atomic E-state index is 12.5. The van der Waals surface area contributed by atoms with Gasteiger partial charge in [0.15, 0.2) is 0 Å². The minimum atomic E-state index is -0.505. The van der Waals surface area contributed by atoms with E-state index < -0.39 is 6.04 Å². The summed E-state index contributed by atoms with van der Waals surface area (Å²) in [6, 6.07) is 6.35. The molecule has 1 atom stereocenters. The van der Waals surface area contributed by atoms with E-state index in [0.29, 0.717) is 18.7 Å². The summed E-state index contributed by atoms with van der Waals surface area (Å²) in [7, 11) is 3.37. The second kappa shape index (κ2) is 8.75. The second-order valence-corrected chi connectivity index (χ2v) is 6.88. The first-order valence-electron chi connectivity index (χ1n) is 8.17. The molecule has 0 aromatic heterocycles. The minimum Gasteiger partial charge on any atom is -0.338 e. The molecule has 0 bridgehead atoms. The van der Waals surface area contributed by atoms with Gasteiger partial charge in [0.05, 0.1) is 5.69 Å². The lowest BCUT2D eigenvalue weighted by Crippen LogP contribution is -2.35. The molecule has 8 heteroatoms. The Hall–Kier alpha value is -2.22. The molecular formula is C17H24N4O3S. The Morgan fingerprint density at radius 3 is 2.76 bits per heavy atom. The molecule has 0 spiro atoms. The first-order chi connectivity index (χ1) is 11.9. The van der Waals surface area contributed by atoms with Gasteiger partial charge in [0.2, 0.25) is 0 Å². The molecule has 1 aromatic rings. The zero-order chi connectivity index (χ0) is 18.4. The van der Waals surface area contributed by atoms with Crippen LogP contribution in [0.25, 0.3) is 0 Å². The molecular weight excluding hydrogens is 340 g/mol. The molecule has 2 rings (SSSR count). The van der Waals surface area contributed by atoms with E-state index in [1.807, 2.05) is 24.5 Å². The smallest absolute Gasteiger partial charge is 0.329 e. The predicted molar refractivity (Wildman–Crippen MR) is 99.0 cm³/mol. The highest BCUT2D eigenvalue weighted by Crippen LogP contribution is 2.25. The normalized spacial score (nSPS) is 16.8. The topological polar surface area (TPSA) is 81.8 Å². The summed E-state index contributed by atoms with van der Waals surface area (Å²) in [4.78, 5) is 39.8. The highest BCUT2D eigenvalue weighted by atomic mass is 32.2. The third kappa shape index (κ3) is 4.88. The van der Waals surface area contributed by atoms with E-state index in [-0.39, 0.29) is 18.0 Å². The molecule has 1 aliphatic rings. The van der Waals surface area contributed by atoms with Gasteiger partial charge in [0.25, 0.3) is 5.91 Å². The fourth-order valence-corrected chi connectivity index (χ4v) is 3.00. The molecule has 1 aliphatic heterocycles. The zero-order valence-corrected chi connectivity index (χ0v) is 15.6. The molecule has 1 saturated heterocycles. The van der Waals surface area contributed by atoms with E-state index in [4.69, 9.17) is 0 Å². The molecule has 5 amide bonds. The van der Waals surface area contributed by atoms with Crippen molar-refractivity contribution in [1.29, 1.82) is 0 Å². The molecule has 136 valence electrons. The molecule has 25 heavy (non-hydrogen) atoms. The number of urea groups is 2. The number of imide groups is 1. The second-order valence-electron chi connectivity index (χ2n) is 6.00. The summed E-state index contributed by atoms with van der Waals surface area (Å²) in [5.41, 5.74) is 0.593. The Bertz CT molecular complexity index is 651. The van der Waals surface area contributed by atoms with Crippen LogP contribution in [0.15, 0.2) is 29.2 Å². The standard InChI is InChI=1S/C17H24N4O3S/c1-20(2)16(23)18-10-5-4-9-14-15(22)21(17(24)19-14)12-7-6-8-13(11-12)25-3/h6-8,11,14H,4-5,9-10H2,1-3H3,(H,18,23)(H,19,24)/t14-/m0/s1. The number of rotatable bonds is 7. The van der Waals surface area contributed by atoms with Crippen molar-refractivity contribution in [3.63, 3.8) is 0 Å². The van der Waals surface area contributed by atoms with Crippen molar-refractivity contribution in [1.82, 2.24) is 15.5 Å². The van der Waals surface area contributed by atoms with Crippen LogP contribution in [0.5, 0.6) is 0 Å². The lowest BCUT2D eigenvalue weighted by Gasteiger charge is -2.14. The Labute approximate surface area is 152 Å². The Kier molecular flexibility index (Phi) is 6.69. The SMILES string of the molecule is CSc1cccc(N2C(=O)N[C@@H](CCCCNC(=O)N(C)C)C2=O)c1. The number of carbonyl (C=O) groups excluding carboxylic acids is 3. The molecule has 0 unspecified atom stereocenters. The number of hydrogen-bond acceptors (Lipinski definition) is 4. The molecule has 1 heterocycles. The maximum atomic E-state index is 12.5. The van der Waals surface area contributed by atoms with Crippen LogP contribution in [0.3, 0.4) is 0 Å². The summed E-state index contributed by atoms with van der Waals surface area (Å²) >= 11 is 1.56. The van der Waals surface area contributed by atoms with Gasteiger partial charge >= 0.3 is 12.1 Å². The first-order valence-corrected chi connectivity index (χ1v) is 9.40. The van der Waals surface area contributed by atoms with Crippen molar-refractivity contribution in [2.24, 2.45) is 0 Å². The molecule has 0 radical (unpaired) electrons. The van der Waals surface area contributed by atoms with E-state index in [1.165, 1.54) is 9.80 Å². The number of carbonyl (C=O) groups is 3. The number of amides is 5. The molecule has 0 aliphatic carbocycles. The maximum Gasteiger partial charge on any atom is 0.329 e. The number of thioether (sulfide) groups is 1. The van der Waals surface area contributed by atoms with E-state index >= 15 is 0 Å². The largest absolute Gasteiger partial charge is 0.338 e. The van der Waals surface area contributed by atoms with Crippen LogP contribution in [0.4, 0.5) is 15.3 Å². The molecule has 1 aromatic carbocycles. The van der Waals surface area contributed by atoms with Gasteiger partial charge in [-0.2, -0.15) is 0 Å². The average molecular weight is 364 g/mol. The van der Waals surface area contributed by atoms with Gasteiger partial charge in [-0.25, -0.2) is 14.5 Å². The van der Waals surface area contributed by atoms with Gasteiger partial charge in [-0.05, 0) is 43.7 Å². The first kappa shape index (κ1) is 19.1. The third-order valence-corrected chi connectivity index (χ3v) is 4.66. The molecule has 0 saturated carbocycles. The van der Waals surface area contributed by atoms with Crippen LogP contribution in [-0.2, 0) is 4.79 Å². The predicted octanol–water partition coefficient (Wildman–Crippen LogP) is 2.27. The lowest BCUT2D eigenvalue weighted by molar-refractivity contribution is -0.118. The Morgan fingerprint density at radius 1 is 1.32 bits per heavy atom. The van der Waals surface area contributed by atoms with E-state index in [1.54, 1.807) is 31.9 Å². The molecule has 2 N–H and O–H groups in total. The van der Waals surface area contributed by atoms with Crippen molar-refractivity contribution >= 4 is 35.4 Å². The van der Waals surface area contributed by atoms with Gasteiger partial charge in [-0.1, -0.05) is 6.07 Å². The summed E-state index contributed by atoms with van der Waals surface area (Å²) < 4.78 is 0. The number of benzene rings is 1. The van der Waals surface area contributed by atoms with Crippen molar-refractivity contribution in [2.75, 3.05) is 31.8 Å². The number of nitrogens with zero attached hydrogens (tertiary/aromatic N) is 2. The lowest BCUT2D eigenvalue weighted by atomic mass is 10.1. The van der Waals surface area contributed by atoms with Crippen LogP contribution in [0.2, 0.25) is 0 Å². The average Bonchev–Trinajstić information content (AvgIpc) is 2.88. The van der Waals surface area contributed by atoms with Crippen LogP contribution in [0, 0.1) is 0 Å². The van der Waals surface area contributed by atoms with E-state index in [9.17, 15) is 14.4 Å². The fraction of sp³-hybridized carbons (Fsp3) is 0.471. The quantitative estimate of drug-likeness (QED) is 0.442. The Morgan fingerprint density at radius 2 is 2.08 bits per heavy atom. The van der Waals surface area contributed by atoms with E-state index in [2.05, 4.69) is 10.6 Å². The number of nitrogens with one attached hydrogen (secondary N) is 2.